The van der Waals surface area contributed by atoms with E-state index in [-0.39, 0.29) is 18.0 Å². The number of ether oxygens (including phenoxy) is 1. The lowest BCUT2D eigenvalue weighted by Crippen LogP contribution is -2.40. The molecule has 3 aromatic rings. The number of anilines is 1. The van der Waals surface area contributed by atoms with Crippen molar-refractivity contribution in [2.24, 2.45) is 0 Å². The molecule has 1 unspecified atom stereocenters. The SMILES string of the molecule is Nc1ncnc2c1ncn2[C@H]1C[C@H](O)[C@@H](C(O)S(=O)(=O)Cc2ccccc2)O1. The summed E-state index contributed by atoms with van der Waals surface area (Å²) in [6.45, 7) is 0. The molecular weight excluding hydrogens is 386 g/mol. The first-order chi connectivity index (χ1) is 13.4. The van der Waals surface area contributed by atoms with Crippen molar-refractivity contribution < 1.29 is 23.4 Å². The Hall–Kier alpha value is -2.60. The molecule has 28 heavy (non-hydrogen) atoms. The second-order valence-electron chi connectivity index (χ2n) is 6.62. The van der Waals surface area contributed by atoms with Crippen molar-refractivity contribution in [1.29, 1.82) is 0 Å². The fourth-order valence-electron chi connectivity index (χ4n) is 3.28. The summed E-state index contributed by atoms with van der Waals surface area (Å²) in [5, 5.41) is 20.8. The van der Waals surface area contributed by atoms with Gasteiger partial charge in [-0.15, -0.1) is 0 Å². The molecule has 1 aliphatic heterocycles. The molecular formula is C17H19N5O5S. The summed E-state index contributed by atoms with van der Waals surface area (Å²) in [6.07, 6.45) is -0.450. The lowest BCUT2D eigenvalue weighted by Gasteiger charge is -2.21. The van der Waals surface area contributed by atoms with E-state index in [1.165, 1.54) is 17.2 Å². The Labute approximate surface area is 160 Å². The Bertz CT molecular complexity index is 1090. The Morgan fingerprint density at radius 2 is 2.00 bits per heavy atom. The van der Waals surface area contributed by atoms with E-state index in [1.54, 1.807) is 30.3 Å². The fraction of sp³-hybridized carbons (Fsp3) is 0.353. The number of nitrogens with zero attached hydrogens (tertiary/aromatic N) is 4. The largest absolute Gasteiger partial charge is 0.390 e. The highest BCUT2D eigenvalue weighted by Gasteiger charge is 2.45. The smallest absolute Gasteiger partial charge is 0.184 e. The molecule has 1 saturated heterocycles. The monoisotopic (exact) mass is 405 g/mol. The molecule has 0 spiro atoms. The zero-order chi connectivity index (χ0) is 19.9. The number of imidazole rings is 1. The van der Waals surface area contributed by atoms with Crippen LogP contribution in [0.1, 0.15) is 18.2 Å². The first-order valence-corrected chi connectivity index (χ1v) is 10.3. The molecule has 4 rings (SSSR count). The molecule has 148 valence electrons. The van der Waals surface area contributed by atoms with Gasteiger partial charge in [0, 0.05) is 6.42 Å². The number of nitrogen functional groups attached to an aromatic ring is 1. The lowest BCUT2D eigenvalue weighted by molar-refractivity contribution is -0.0564. The van der Waals surface area contributed by atoms with Crippen molar-refractivity contribution in [3.63, 3.8) is 0 Å². The van der Waals surface area contributed by atoms with Crippen LogP contribution in [0.15, 0.2) is 43.0 Å². The van der Waals surface area contributed by atoms with Gasteiger partial charge in [0.05, 0.1) is 18.2 Å². The van der Waals surface area contributed by atoms with Crippen LogP contribution in [0.4, 0.5) is 5.82 Å². The summed E-state index contributed by atoms with van der Waals surface area (Å²) in [5.41, 5.74) is 5.20. The summed E-state index contributed by atoms with van der Waals surface area (Å²) >= 11 is 0. The van der Waals surface area contributed by atoms with Gasteiger partial charge in [0.2, 0.25) is 0 Å². The van der Waals surface area contributed by atoms with Crippen molar-refractivity contribution in [2.45, 2.75) is 36.0 Å². The Morgan fingerprint density at radius 1 is 1.25 bits per heavy atom. The van der Waals surface area contributed by atoms with E-state index < -0.39 is 33.7 Å². The molecule has 0 aliphatic carbocycles. The number of sulfone groups is 1. The average Bonchev–Trinajstić information content (AvgIpc) is 3.26. The first kappa shape index (κ1) is 18.7. The van der Waals surface area contributed by atoms with Crippen LogP contribution < -0.4 is 5.73 Å². The molecule has 1 fully saturated rings. The van der Waals surface area contributed by atoms with Gasteiger partial charge in [-0.05, 0) is 5.56 Å². The third kappa shape index (κ3) is 3.33. The highest BCUT2D eigenvalue weighted by Crippen LogP contribution is 2.34. The van der Waals surface area contributed by atoms with E-state index in [2.05, 4.69) is 15.0 Å². The van der Waals surface area contributed by atoms with Gasteiger partial charge in [-0.25, -0.2) is 23.4 Å². The molecule has 10 nitrogen and oxygen atoms in total. The summed E-state index contributed by atoms with van der Waals surface area (Å²) in [5.74, 6) is -0.159. The van der Waals surface area contributed by atoms with Gasteiger partial charge in [-0.3, -0.25) is 4.57 Å². The van der Waals surface area contributed by atoms with E-state index in [9.17, 15) is 18.6 Å². The highest BCUT2D eigenvalue weighted by molar-refractivity contribution is 7.91. The third-order valence-electron chi connectivity index (χ3n) is 4.69. The van der Waals surface area contributed by atoms with Gasteiger partial charge >= 0.3 is 0 Å². The minimum absolute atomic E-state index is 0.0674. The topological polar surface area (TPSA) is 153 Å². The van der Waals surface area contributed by atoms with Crippen LogP contribution in [0.3, 0.4) is 0 Å². The number of aliphatic hydroxyl groups excluding tert-OH is 2. The standard InChI is InChI=1S/C17H19N5O5S/c18-15-13-16(20-8-19-15)22(9-21-13)12-6-11(23)14(27-12)17(24)28(25,26)7-10-4-2-1-3-5-10/h1-5,8-9,11-12,14,17,23-24H,6-7H2,(H2,18,19,20)/t11-,12+,14-,17?/m0/s1. The van der Waals surface area contributed by atoms with Crippen LogP contribution in [-0.2, 0) is 20.3 Å². The van der Waals surface area contributed by atoms with Gasteiger partial charge < -0.3 is 20.7 Å². The molecule has 1 aromatic carbocycles. The second-order valence-corrected chi connectivity index (χ2v) is 8.72. The number of fused-ring (bicyclic) bond motifs is 1. The molecule has 4 atom stereocenters. The van der Waals surface area contributed by atoms with Crippen molar-refractivity contribution in [2.75, 3.05) is 5.73 Å². The van der Waals surface area contributed by atoms with E-state index in [4.69, 9.17) is 10.5 Å². The predicted octanol–water partition coefficient (Wildman–Crippen LogP) is -0.00970. The van der Waals surface area contributed by atoms with E-state index in [0.29, 0.717) is 16.7 Å². The van der Waals surface area contributed by atoms with Crippen LogP contribution in [0.2, 0.25) is 0 Å². The summed E-state index contributed by atoms with van der Waals surface area (Å²) in [4.78, 5) is 12.1. The number of aliphatic hydroxyl groups is 2. The van der Waals surface area contributed by atoms with Gasteiger partial charge in [0.1, 0.15) is 24.2 Å². The molecule has 1 aliphatic rings. The minimum Gasteiger partial charge on any atom is -0.390 e. The maximum atomic E-state index is 12.6. The molecule has 3 heterocycles. The van der Waals surface area contributed by atoms with Gasteiger partial charge in [0.15, 0.2) is 26.7 Å². The average molecular weight is 405 g/mol. The van der Waals surface area contributed by atoms with Crippen molar-refractivity contribution >= 4 is 26.8 Å². The highest BCUT2D eigenvalue weighted by atomic mass is 32.2. The van der Waals surface area contributed by atoms with Gasteiger partial charge in [0.25, 0.3) is 0 Å². The molecule has 0 radical (unpaired) electrons. The van der Waals surface area contributed by atoms with Crippen LogP contribution >= 0.6 is 0 Å². The number of aromatic nitrogens is 4. The van der Waals surface area contributed by atoms with Crippen LogP contribution in [0.5, 0.6) is 0 Å². The molecule has 0 saturated carbocycles. The van der Waals surface area contributed by atoms with Crippen molar-refractivity contribution in [3.05, 3.63) is 48.5 Å². The van der Waals surface area contributed by atoms with E-state index in [0.717, 1.165) is 0 Å². The Morgan fingerprint density at radius 3 is 2.75 bits per heavy atom. The van der Waals surface area contributed by atoms with Crippen LogP contribution in [0.25, 0.3) is 11.2 Å². The predicted molar refractivity (Wildman–Crippen MR) is 99.3 cm³/mol. The zero-order valence-corrected chi connectivity index (χ0v) is 15.5. The number of rotatable bonds is 5. The maximum Gasteiger partial charge on any atom is 0.184 e. The quantitative estimate of drug-likeness (QED) is 0.532. The molecule has 0 bridgehead atoms. The van der Waals surface area contributed by atoms with E-state index in [1.807, 2.05) is 0 Å². The number of hydrogen-bond acceptors (Lipinski definition) is 9. The third-order valence-corrected chi connectivity index (χ3v) is 6.43. The molecule has 4 N–H and O–H groups in total. The zero-order valence-electron chi connectivity index (χ0n) is 14.7. The summed E-state index contributed by atoms with van der Waals surface area (Å²) in [6, 6.07) is 8.51. The summed E-state index contributed by atoms with van der Waals surface area (Å²) < 4.78 is 32.4. The molecule has 0 amide bonds. The fourth-order valence-corrected chi connectivity index (χ4v) is 4.76. The van der Waals surface area contributed by atoms with Gasteiger partial charge in [-0.1, -0.05) is 30.3 Å². The second kappa shape index (κ2) is 7.09. The minimum atomic E-state index is -3.97. The number of hydrogen-bond donors (Lipinski definition) is 3. The number of nitrogens with two attached hydrogens (primary N) is 1. The van der Waals surface area contributed by atoms with Crippen LogP contribution in [-0.4, -0.2) is 55.8 Å². The number of benzene rings is 1. The molecule has 11 heteroatoms. The van der Waals surface area contributed by atoms with Crippen molar-refractivity contribution in [1.82, 2.24) is 19.5 Å². The lowest BCUT2D eigenvalue weighted by atomic mass is 10.2. The van der Waals surface area contributed by atoms with Crippen molar-refractivity contribution in [3.8, 4) is 0 Å². The van der Waals surface area contributed by atoms with E-state index >= 15 is 0 Å². The maximum absolute atomic E-state index is 12.6. The Kier molecular flexibility index (Phi) is 4.75. The normalized spacial score (nSPS) is 23.9. The Balaban J connectivity index is 1.55. The first-order valence-electron chi connectivity index (χ1n) is 8.57. The van der Waals surface area contributed by atoms with Gasteiger partial charge in [-0.2, -0.15) is 0 Å². The summed E-state index contributed by atoms with van der Waals surface area (Å²) in [7, 11) is -3.97. The van der Waals surface area contributed by atoms with Crippen LogP contribution in [0, 0.1) is 0 Å². The molecule has 2 aromatic heterocycles.